The molecule has 47 heavy (non-hydrogen) atoms. The van der Waals surface area contributed by atoms with E-state index in [0.717, 1.165) is 44.5 Å². The molecule has 2 aromatic rings. The molecule has 0 aromatic heterocycles. The topological polar surface area (TPSA) is 101 Å². The molecule has 1 aliphatic carbocycles. The highest BCUT2D eigenvalue weighted by Gasteiger charge is 2.30. The van der Waals surface area contributed by atoms with Gasteiger partial charge in [-0.25, -0.2) is 4.79 Å². The molecular weight excluding hydrogens is 598 g/mol. The number of nitrogens with zero attached hydrogens (tertiary/aromatic N) is 1. The van der Waals surface area contributed by atoms with Gasteiger partial charge >= 0.3 is 11.9 Å². The Morgan fingerprint density at radius 1 is 0.787 bits per heavy atom. The molecule has 4 rings (SSSR count). The van der Waals surface area contributed by atoms with E-state index in [-0.39, 0.29) is 30.8 Å². The fraction of sp³-hybridized carbons (Fsp3) is 0.605. The summed E-state index contributed by atoms with van der Waals surface area (Å²) in [7, 11) is 0. The minimum absolute atomic E-state index is 0.0626. The molecule has 1 saturated heterocycles. The van der Waals surface area contributed by atoms with Gasteiger partial charge in [0, 0.05) is 25.3 Å². The van der Waals surface area contributed by atoms with Gasteiger partial charge in [-0.3, -0.25) is 9.59 Å². The first kappa shape index (κ1) is 36.2. The van der Waals surface area contributed by atoms with E-state index in [1.807, 2.05) is 12.1 Å². The second kappa shape index (κ2) is 19.9. The maximum Gasteiger partial charge on any atom is 0.338 e. The molecule has 0 radical (unpaired) electrons. The van der Waals surface area contributed by atoms with E-state index in [2.05, 4.69) is 12.1 Å². The number of benzene rings is 2. The van der Waals surface area contributed by atoms with Gasteiger partial charge in [0.25, 0.3) is 0 Å². The number of aryl methyl sites for hydroxylation is 1. The van der Waals surface area contributed by atoms with Crippen LogP contribution in [0.25, 0.3) is 0 Å². The standard InChI is InChI=1S/C38H53NO8/c1-3-43-37(41)30-18-21-35(32(26-30)27-36(40)39-22-10-13-31(28-39)38(42)44-4-2)47-25-11-12-29-16-19-34(20-17-29)46-24-9-8-23-45-33-14-6-5-7-15-33/h16-21,26,31,33H,3-15,22-25,27-28H2,1-2H3. The Balaban J connectivity index is 1.23. The highest BCUT2D eigenvalue weighted by atomic mass is 16.5. The zero-order valence-corrected chi connectivity index (χ0v) is 28.3. The minimum atomic E-state index is -0.441. The van der Waals surface area contributed by atoms with Crippen molar-refractivity contribution in [1.82, 2.24) is 4.90 Å². The van der Waals surface area contributed by atoms with Crippen LogP contribution in [0.3, 0.4) is 0 Å². The van der Waals surface area contributed by atoms with Crippen LogP contribution in [0.5, 0.6) is 11.5 Å². The fourth-order valence-electron chi connectivity index (χ4n) is 6.22. The lowest BCUT2D eigenvalue weighted by Gasteiger charge is -2.31. The lowest BCUT2D eigenvalue weighted by molar-refractivity contribution is -0.151. The van der Waals surface area contributed by atoms with Crippen molar-refractivity contribution in [3.8, 4) is 11.5 Å². The molecule has 1 amide bonds. The molecule has 2 fully saturated rings. The van der Waals surface area contributed by atoms with Gasteiger partial charge in [-0.1, -0.05) is 31.4 Å². The van der Waals surface area contributed by atoms with Gasteiger partial charge in [-0.2, -0.15) is 0 Å². The minimum Gasteiger partial charge on any atom is -0.494 e. The van der Waals surface area contributed by atoms with Crippen LogP contribution in [0.1, 0.15) is 99.5 Å². The van der Waals surface area contributed by atoms with E-state index in [4.69, 9.17) is 23.7 Å². The molecule has 1 unspecified atom stereocenters. The van der Waals surface area contributed by atoms with E-state index < -0.39 is 5.97 Å². The zero-order chi connectivity index (χ0) is 33.3. The number of rotatable bonds is 18. The molecule has 1 atom stereocenters. The Morgan fingerprint density at radius 2 is 1.53 bits per heavy atom. The van der Waals surface area contributed by atoms with Crippen LogP contribution in [0.4, 0.5) is 0 Å². The number of hydrogen-bond donors (Lipinski definition) is 0. The highest BCUT2D eigenvalue weighted by Crippen LogP contribution is 2.25. The number of ether oxygens (including phenoxy) is 5. The van der Waals surface area contributed by atoms with Crippen LogP contribution in [-0.4, -0.2) is 75.0 Å². The number of carbonyl (C=O) groups excluding carboxylic acids is 3. The molecule has 1 heterocycles. The van der Waals surface area contributed by atoms with Crippen molar-refractivity contribution >= 4 is 17.8 Å². The summed E-state index contributed by atoms with van der Waals surface area (Å²) in [6.07, 6.45) is 11.9. The Labute approximate surface area is 280 Å². The molecule has 0 spiro atoms. The second-order valence-electron chi connectivity index (χ2n) is 12.4. The number of esters is 2. The third-order valence-electron chi connectivity index (χ3n) is 8.81. The Hall–Kier alpha value is -3.59. The lowest BCUT2D eigenvalue weighted by Crippen LogP contribution is -2.43. The van der Waals surface area contributed by atoms with Crippen LogP contribution in [0.15, 0.2) is 42.5 Å². The third-order valence-corrected chi connectivity index (χ3v) is 8.81. The van der Waals surface area contributed by atoms with E-state index in [1.54, 1.807) is 36.9 Å². The number of unbranched alkanes of at least 4 members (excludes halogenated alkanes) is 1. The predicted octanol–water partition coefficient (Wildman–Crippen LogP) is 6.73. The molecule has 2 aliphatic rings. The van der Waals surface area contributed by atoms with Gasteiger partial charge in [-0.05, 0) is 101 Å². The summed E-state index contributed by atoms with van der Waals surface area (Å²) < 4.78 is 28.4. The summed E-state index contributed by atoms with van der Waals surface area (Å²) >= 11 is 0. The normalized spacial score (nSPS) is 16.8. The average Bonchev–Trinajstić information content (AvgIpc) is 3.10. The van der Waals surface area contributed by atoms with Gasteiger partial charge in [0.2, 0.25) is 5.91 Å². The Morgan fingerprint density at radius 3 is 2.30 bits per heavy atom. The molecule has 258 valence electrons. The zero-order valence-electron chi connectivity index (χ0n) is 28.3. The first-order valence-electron chi connectivity index (χ1n) is 17.7. The predicted molar refractivity (Wildman–Crippen MR) is 180 cm³/mol. The summed E-state index contributed by atoms with van der Waals surface area (Å²) in [6, 6.07) is 13.3. The first-order valence-corrected chi connectivity index (χ1v) is 17.7. The quantitative estimate of drug-likeness (QED) is 0.129. The molecule has 1 saturated carbocycles. The van der Waals surface area contributed by atoms with E-state index in [0.29, 0.717) is 62.3 Å². The number of piperidine rings is 1. The molecule has 0 N–H and O–H groups in total. The van der Waals surface area contributed by atoms with Gasteiger partial charge < -0.3 is 28.6 Å². The molecule has 9 nitrogen and oxygen atoms in total. The van der Waals surface area contributed by atoms with Crippen molar-refractivity contribution in [2.45, 2.75) is 97.0 Å². The van der Waals surface area contributed by atoms with Gasteiger partial charge in [0.05, 0.1) is 50.4 Å². The molecule has 1 aliphatic heterocycles. The third kappa shape index (κ3) is 12.2. The average molecular weight is 652 g/mol. The highest BCUT2D eigenvalue weighted by molar-refractivity contribution is 5.90. The summed E-state index contributed by atoms with van der Waals surface area (Å²) in [6.45, 7) is 7.00. The van der Waals surface area contributed by atoms with Crippen molar-refractivity contribution in [2.75, 3.05) is 46.1 Å². The molecule has 9 heteroatoms. The summed E-state index contributed by atoms with van der Waals surface area (Å²) in [5, 5.41) is 0. The largest absolute Gasteiger partial charge is 0.494 e. The fourth-order valence-corrected chi connectivity index (χ4v) is 6.22. The van der Waals surface area contributed by atoms with Crippen LogP contribution in [0.2, 0.25) is 0 Å². The van der Waals surface area contributed by atoms with E-state index in [1.165, 1.54) is 37.7 Å². The molecular formula is C38H53NO8. The molecule has 2 aromatic carbocycles. The monoisotopic (exact) mass is 651 g/mol. The van der Waals surface area contributed by atoms with Crippen LogP contribution in [0, 0.1) is 5.92 Å². The van der Waals surface area contributed by atoms with Gasteiger partial charge in [0.1, 0.15) is 11.5 Å². The first-order chi connectivity index (χ1) is 23.0. The van der Waals surface area contributed by atoms with Crippen molar-refractivity contribution in [3.63, 3.8) is 0 Å². The number of likely N-dealkylation sites (tertiary alicyclic amines) is 1. The van der Waals surface area contributed by atoms with Crippen LogP contribution in [-0.2, 0) is 36.6 Å². The Kier molecular flexibility index (Phi) is 15.4. The smallest absolute Gasteiger partial charge is 0.338 e. The molecule has 0 bridgehead atoms. The van der Waals surface area contributed by atoms with Gasteiger partial charge in [0.15, 0.2) is 0 Å². The lowest BCUT2D eigenvalue weighted by atomic mass is 9.97. The number of hydrogen-bond acceptors (Lipinski definition) is 8. The maximum absolute atomic E-state index is 13.4. The van der Waals surface area contributed by atoms with Crippen molar-refractivity contribution < 1.29 is 38.1 Å². The summed E-state index contributed by atoms with van der Waals surface area (Å²) in [4.78, 5) is 39.8. The SMILES string of the molecule is CCOC(=O)c1ccc(OCCCc2ccc(OCCCCOC3CCCCC3)cc2)c(CC(=O)N2CCCC(C(=O)OCC)C2)c1. The number of carbonyl (C=O) groups is 3. The summed E-state index contributed by atoms with van der Waals surface area (Å²) in [5.41, 5.74) is 2.19. The van der Waals surface area contributed by atoms with Crippen LogP contribution >= 0.6 is 0 Å². The maximum atomic E-state index is 13.4. The van der Waals surface area contributed by atoms with Crippen molar-refractivity contribution in [1.29, 1.82) is 0 Å². The second-order valence-corrected chi connectivity index (χ2v) is 12.4. The summed E-state index contributed by atoms with van der Waals surface area (Å²) in [5.74, 6) is 0.316. The van der Waals surface area contributed by atoms with E-state index >= 15 is 0 Å². The van der Waals surface area contributed by atoms with Crippen molar-refractivity contribution in [2.24, 2.45) is 5.92 Å². The van der Waals surface area contributed by atoms with Crippen LogP contribution < -0.4 is 9.47 Å². The van der Waals surface area contributed by atoms with Gasteiger partial charge in [-0.15, -0.1) is 0 Å². The van der Waals surface area contributed by atoms with Crippen molar-refractivity contribution in [3.05, 3.63) is 59.2 Å². The Bertz CT molecular complexity index is 1260. The van der Waals surface area contributed by atoms with E-state index in [9.17, 15) is 14.4 Å². The number of amides is 1.